The zero-order valence-corrected chi connectivity index (χ0v) is 14.0. The maximum absolute atomic E-state index is 12.3. The number of phenolic OH excluding ortho intramolecular Hbond substituents is 1. The van der Waals surface area contributed by atoms with Crippen LogP contribution in [0.15, 0.2) is 24.3 Å². The van der Waals surface area contributed by atoms with E-state index in [1.54, 1.807) is 6.92 Å². The Balaban J connectivity index is 2.43. The minimum absolute atomic E-state index is 0.00903. The van der Waals surface area contributed by atoms with E-state index in [4.69, 9.17) is 0 Å². The Hall–Kier alpha value is -2.84. The number of ether oxygens (including phenoxy) is 1. The molecule has 1 atom stereocenters. The fourth-order valence-corrected chi connectivity index (χ4v) is 2.68. The van der Waals surface area contributed by atoms with Gasteiger partial charge in [-0.05, 0) is 37.6 Å². The van der Waals surface area contributed by atoms with E-state index in [0.29, 0.717) is 5.69 Å². The van der Waals surface area contributed by atoms with Gasteiger partial charge in [-0.25, -0.2) is 0 Å². The van der Waals surface area contributed by atoms with E-state index in [-0.39, 0.29) is 29.2 Å². The van der Waals surface area contributed by atoms with E-state index in [9.17, 15) is 33.3 Å². The smallest absolute Gasteiger partial charge is 0.422 e. The Bertz CT molecular complexity index is 796. The van der Waals surface area contributed by atoms with Crippen LogP contribution in [0, 0.1) is 6.92 Å². The summed E-state index contributed by atoms with van der Waals surface area (Å²) in [6, 6.07) is 5.50. The summed E-state index contributed by atoms with van der Waals surface area (Å²) in [7, 11) is 0. The van der Waals surface area contributed by atoms with Gasteiger partial charge in [-0.3, -0.25) is 9.36 Å². The van der Waals surface area contributed by atoms with Gasteiger partial charge in [0.05, 0.1) is 11.6 Å². The SMILES string of the molecule is CCC(C(=O)OCC(F)(F)F)c1c(C)c(O)n(-c2ccc(O)cc2)c1O. The van der Waals surface area contributed by atoms with Gasteiger partial charge in [0.25, 0.3) is 0 Å². The van der Waals surface area contributed by atoms with Crippen LogP contribution in [-0.4, -0.2) is 38.6 Å². The number of hydrogen-bond acceptors (Lipinski definition) is 5. The van der Waals surface area contributed by atoms with Crippen LogP contribution in [-0.2, 0) is 9.53 Å². The Morgan fingerprint density at radius 1 is 1.15 bits per heavy atom. The number of carbonyl (C=O) groups excluding carboxylic acids is 1. The number of aromatic hydroxyl groups is 3. The normalized spacial score (nSPS) is 12.8. The highest BCUT2D eigenvalue weighted by molar-refractivity contribution is 5.80. The number of aromatic nitrogens is 1. The number of phenols is 1. The Kier molecular flexibility index (Phi) is 5.38. The standard InChI is InChI=1S/C17H18F3NO5/c1-3-12(16(25)26-8-17(18,19)20)13-9(2)14(23)21(15(13)24)10-4-6-11(22)7-5-10/h4-7,12,22-24H,3,8H2,1-2H3. The average molecular weight is 373 g/mol. The van der Waals surface area contributed by atoms with Crippen LogP contribution in [0.1, 0.15) is 30.4 Å². The van der Waals surface area contributed by atoms with Crippen molar-refractivity contribution >= 4 is 5.97 Å². The van der Waals surface area contributed by atoms with Gasteiger partial charge in [-0.15, -0.1) is 0 Å². The third-order valence-corrected chi connectivity index (χ3v) is 3.93. The first-order valence-corrected chi connectivity index (χ1v) is 7.72. The van der Waals surface area contributed by atoms with Crippen LogP contribution in [0.5, 0.6) is 17.5 Å². The highest BCUT2D eigenvalue weighted by Crippen LogP contribution is 2.42. The van der Waals surface area contributed by atoms with Crippen LogP contribution in [0.4, 0.5) is 13.2 Å². The van der Waals surface area contributed by atoms with Crippen molar-refractivity contribution in [2.45, 2.75) is 32.4 Å². The van der Waals surface area contributed by atoms with Crippen molar-refractivity contribution in [1.29, 1.82) is 0 Å². The number of esters is 1. The van der Waals surface area contributed by atoms with Crippen molar-refractivity contribution in [3.63, 3.8) is 0 Å². The predicted octanol–water partition coefficient (Wildman–Crippen LogP) is 3.50. The molecule has 0 aliphatic carbocycles. The molecule has 0 spiro atoms. The number of alkyl halides is 3. The molecule has 2 aromatic rings. The molecule has 0 saturated heterocycles. The van der Waals surface area contributed by atoms with Crippen molar-refractivity contribution in [2.24, 2.45) is 0 Å². The maximum Gasteiger partial charge on any atom is 0.422 e. The minimum Gasteiger partial charge on any atom is -0.508 e. The van der Waals surface area contributed by atoms with Gasteiger partial charge in [0, 0.05) is 11.1 Å². The van der Waals surface area contributed by atoms with Crippen LogP contribution in [0.25, 0.3) is 5.69 Å². The molecule has 6 nitrogen and oxygen atoms in total. The molecule has 1 aromatic carbocycles. The zero-order chi connectivity index (χ0) is 19.6. The van der Waals surface area contributed by atoms with E-state index < -0.39 is 30.6 Å². The second-order valence-electron chi connectivity index (χ2n) is 5.72. The molecule has 0 aliphatic rings. The van der Waals surface area contributed by atoms with E-state index in [2.05, 4.69) is 4.74 Å². The van der Waals surface area contributed by atoms with Crippen LogP contribution >= 0.6 is 0 Å². The number of rotatable bonds is 5. The molecule has 1 unspecified atom stereocenters. The number of carbonyl (C=O) groups is 1. The lowest BCUT2D eigenvalue weighted by atomic mass is 9.95. The maximum atomic E-state index is 12.3. The van der Waals surface area contributed by atoms with Crippen molar-refractivity contribution in [3.05, 3.63) is 35.4 Å². The molecule has 0 radical (unpaired) electrons. The van der Waals surface area contributed by atoms with Crippen molar-refractivity contribution in [1.82, 2.24) is 4.57 Å². The van der Waals surface area contributed by atoms with Gasteiger partial charge in [-0.2, -0.15) is 13.2 Å². The largest absolute Gasteiger partial charge is 0.508 e. The lowest BCUT2D eigenvalue weighted by Crippen LogP contribution is -2.24. The summed E-state index contributed by atoms with van der Waals surface area (Å²) in [5, 5.41) is 30.2. The first-order chi connectivity index (χ1) is 12.1. The van der Waals surface area contributed by atoms with Crippen molar-refractivity contribution < 1.29 is 38.0 Å². The summed E-state index contributed by atoms with van der Waals surface area (Å²) in [4.78, 5) is 12.1. The molecular formula is C17H18F3NO5. The minimum atomic E-state index is -4.66. The predicted molar refractivity (Wildman–Crippen MR) is 85.5 cm³/mol. The summed E-state index contributed by atoms with van der Waals surface area (Å²) in [5.74, 6) is -3.21. The molecule has 2 rings (SSSR count). The second-order valence-corrected chi connectivity index (χ2v) is 5.72. The van der Waals surface area contributed by atoms with Gasteiger partial charge >= 0.3 is 12.1 Å². The molecule has 0 amide bonds. The van der Waals surface area contributed by atoms with E-state index >= 15 is 0 Å². The van der Waals surface area contributed by atoms with Crippen molar-refractivity contribution in [3.8, 4) is 23.2 Å². The first kappa shape index (κ1) is 19.5. The van der Waals surface area contributed by atoms with E-state index in [0.717, 1.165) is 4.57 Å². The summed E-state index contributed by atoms with van der Waals surface area (Å²) in [5.41, 5.74) is 0.433. The summed E-state index contributed by atoms with van der Waals surface area (Å²) in [6.45, 7) is 1.25. The zero-order valence-electron chi connectivity index (χ0n) is 14.0. The molecular weight excluding hydrogens is 355 g/mol. The molecule has 0 aliphatic heterocycles. The summed E-state index contributed by atoms with van der Waals surface area (Å²) >= 11 is 0. The third-order valence-electron chi connectivity index (χ3n) is 3.93. The summed E-state index contributed by atoms with van der Waals surface area (Å²) in [6.07, 6.45) is -4.60. The second kappa shape index (κ2) is 7.19. The van der Waals surface area contributed by atoms with Gasteiger partial charge in [0.15, 0.2) is 6.61 Å². The molecule has 0 fully saturated rings. The first-order valence-electron chi connectivity index (χ1n) is 7.72. The van der Waals surface area contributed by atoms with Crippen LogP contribution in [0.3, 0.4) is 0 Å². The number of benzene rings is 1. The third kappa shape index (κ3) is 3.87. The number of hydrogen-bond donors (Lipinski definition) is 3. The molecule has 26 heavy (non-hydrogen) atoms. The van der Waals surface area contributed by atoms with Gasteiger partial charge in [-0.1, -0.05) is 6.92 Å². The molecule has 9 heteroatoms. The Morgan fingerprint density at radius 2 is 1.73 bits per heavy atom. The van der Waals surface area contributed by atoms with E-state index in [1.807, 2.05) is 0 Å². The average Bonchev–Trinajstić information content (AvgIpc) is 2.78. The van der Waals surface area contributed by atoms with Crippen LogP contribution < -0.4 is 0 Å². The molecule has 142 valence electrons. The Labute approximate surface area is 147 Å². The molecule has 3 N–H and O–H groups in total. The molecule has 1 heterocycles. The fourth-order valence-electron chi connectivity index (χ4n) is 2.68. The van der Waals surface area contributed by atoms with E-state index in [1.165, 1.54) is 31.2 Å². The topological polar surface area (TPSA) is 91.9 Å². The number of nitrogens with zero attached hydrogens (tertiary/aromatic N) is 1. The van der Waals surface area contributed by atoms with Gasteiger partial charge in [0.1, 0.15) is 5.75 Å². The Morgan fingerprint density at radius 3 is 2.23 bits per heavy atom. The van der Waals surface area contributed by atoms with Crippen molar-refractivity contribution in [2.75, 3.05) is 6.61 Å². The quantitative estimate of drug-likeness (QED) is 0.698. The highest BCUT2D eigenvalue weighted by Gasteiger charge is 2.35. The van der Waals surface area contributed by atoms with Crippen LogP contribution in [0.2, 0.25) is 0 Å². The monoisotopic (exact) mass is 373 g/mol. The molecule has 0 saturated carbocycles. The lowest BCUT2D eigenvalue weighted by molar-refractivity contribution is -0.187. The molecule has 1 aromatic heterocycles. The number of halogens is 3. The molecule has 0 bridgehead atoms. The highest BCUT2D eigenvalue weighted by atomic mass is 19.4. The van der Waals surface area contributed by atoms with Gasteiger partial charge in [0.2, 0.25) is 11.8 Å². The fraction of sp³-hybridized carbons (Fsp3) is 0.353. The lowest BCUT2D eigenvalue weighted by Gasteiger charge is -2.16. The van der Waals surface area contributed by atoms with Gasteiger partial charge < -0.3 is 20.1 Å². The summed E-state index contributed by atoms with van der Waals surface area (Å²) < 4.78 is 42.2.